The molecule has 3 atom stereocenters. The van der Waals surface area contributed by atoms with Crippen molar-refractivity contribution in [3.05, 3.63) is 29.3 Å². The van der Waals surface area contributed by atoms with E-state index in [1.54, 1.807) is 12.1 Å². The predicted molar refractivity (Wildman–Crippen MR) is 120 cm³/mol. The Morgan fingerprint density at radius 3 is 2.71 bits per heavy atom. The zero-order valence-electron chi connectivity index (χ0n) is 19.2. The van der Waals surface area contributed by atoms with Crippen LogP contribution in [0.4, 0.5) is 4.79 Å². The summed E-state index contributed by atoms with van der Waals surface area (Å²) >= 11 is 0. The number of likely N-dealkylation sites (tertiary alicyclic amines) is 1. The molecule has 2 fully saturated rings. The first-order chi connectivity index (χ1) is 14.6. The number of hydrogen-bond acceptors (Lipinski definition) is 5. The van der Waals surface area contributed by atoms with Crippen LogP contribution >= 0.6 is 0 Å². The molecule has 1 aromatic carbocycles. The van der Waals surface area contributed by atoms with E-state index < -0.39 is 23.0 Å². The second-order valence-corrected chi connectivity index (χ2v) is 9.73. The lowest BCUT2D eigenvalue weighted by molar-refractivity contribution is -0.151. The standard InChI is InChI=1S/C24H37N3O4/c1-16(2)8-12-27-13-10-23(20-14-19(28)7-6-17(20)3)15-21(29)26-22(30)25-11-5-9-24(23,31)18(27)4/h6-7,14,16,18,28,31H,5,8-13,15H2,1-4H3,(H2,25,26,29,30)/t18-,23-,24-/m1/s1. The lowest BCUT2D eigenvalue weighted by Crippen LogP contribution is -2.69. The van der Waals surface area contributed by atoms with Crippen molar-refractivity contribution < 1.29 is 19.8 Å². The van der Waals surface area contributed by atoms with Crippen molar-refractivity contribution >= 4 is 11.9 Å². The number of nitrogens with zero attached hydrogens (tertiary/aromatic N) is 1. The first-order valence-corrected chi connectivity index (χ1v) is 11.4. The second kappa shape index (κ2) is 9.17. The van der Waals surface area contributed by atoms with Gasteiger partial charge in [0.15, 0.2) is 0 Å². The Bertz CT molecular complexity index is 827. The number of nitrogens with one attached hydrogen (secondary N) is 2. The molecule has 0 saturated carbocycles. The van der Waals surface area contributed by atoms with E-state index in [1.165, 1.54) is 0 Å². The van der Waals surface area contributed by atoms with Crippen LogP contribution in [0.15, 0.2) is 18.2 Å². The number of imide groups is 1. The number of piperidine rings is 1. The lowest BCUT2D eigenvalue weighted by atomic mass is 9.56. The molecule has 0 aliphatic carbocycles. The molecule has 2 aliphatic rings. The molecular weight excluding hydrogens is 394 g/mol. The number of aromatic hydroxyl groups is 1. The minimum absolute atomic E-state index is 0.0103. The number of phenolic OH excluding ortho intramolecular Hbond substituents is 1. The van der Waals surface area contributed by atoms with Gasteiger partial charge < -0.3 is 15.5 Å². The highest BCUT2D eigenvalue weighted by Gasteiger charge is 2.59. The number of hydrogen-bond donors (Lipinski definition) is 4. The average molecular weight is 432 g/mol. The van der Waals surface area contributed by atoms with Crippen LogP contribution in [0.2, 0.25) is 0 Å². The van der Waals surface area contributed by atoms with Gasteiger partial charge in [0.2, 0.25) is 5.91 Å². The topological polar surface area (TPSA) is 102 Å². The third-order valence-corrected chi connectivity index (χ3v) is 7.36. The molecule has 2 heterocycles. The fourth-order valence-electron chi connectivity index (χ4n) is 5.50. The van der Waals surface area contributed by atoms with E-state index in [4.69, 9.17) is 0 Å². The van der Waals surface area contributed by atoms with Crippen LogP contribution < -0.4 is 10.6 Å². The summed E-state index contributed by atoms with van der Waals surface area (Å²) < 4.78 is 0. The predicted octanol–water partition coefficient (Wildman–Crippen LogP) is 2.82. The maximum Gasteiger partial charge on any atom is 0.321 e. The summed E-state index contributed by atoms with van der Waals surface area (Å²) in [7, 11) is 0. The Hall–Kier alpha value is -2.12. The van der Waals surface area contributed by atoms with Crippen molar-refractivity contribution in [3.8, 4) is 5.75 Å². The average Bonchev–Trinajstić information content (AvgIpc) is 2.70. The van der Waals surface area contributed by atoms with E-state index in [-0.39, 0.29) is 18.2 Å². The molecular formula is C24H37N3O4. The van der Waals surface area contributed by atoms with E-state index in [2.05, 4.69) is 36.3 Å². The molecule has 2 saturated heterocycles. The Labute approximate surface area is 185 Å². The number of benzene rings is 1. The van der Waals surface area contributed by atoms with E-state index in [0.29, 0.717) is 31.7 Å². The van der Waals surface area contributed by atoms with Gasteiger partial charge in [-0.15, -0.1) is 0 Å². The molecule has 0 spiro atoms. The summed E-state index contributed by atoms with van der Waals surface area (Å²) in [5, 5.41) is 27.8. The number of aliphatic hydroxyl groups is 1. The quantitative estimate of drug-likeness (QED) is 0.587. The zero-order chi connectivity index (χ0) is 22.8. The van der Waals surface area contributed by atoms with Gasteiger partial charge in [0.1, 0.15) is 5.75 Å². The molecule has 3 amide bonds. The smallest absolute Gasteiger partial charge is 0.321 e. The van der Waals surface area contributed by atoms with Crippen LogP contribution in [0.5, 0.6) is 5.75 Å². The van der Waals surface area contributed by atoms with Crippen LogP contribution in [-0.2, 0) is 10.2 Å². The largest absolute Gasteiger partial charge is 0.508 e. The summed E-state index contributed by atoms with van der Waals surface area (Å²) in [5.74, 6) is 0.262. The fraction of sp³-hybridized carbons (Fsp3) is 0.667. The van der Waals surface area contributed by atoms with Gasteiger partial charge in [0.25, 0.3) is 0 Å². The van der Waals surface area contributed by atoms with Crippen LogP contribution in [0.3, 0.4) is 0 Å². The maximum atomic E-state index is 12.9. The van der Waals surface area contributed by atoms with Gasteiger partial charge in [-0.05, 0) is 81.8 Å². The van der Waals surface area contributed by atoms with Crippen LogP contribution in [-0.4, -0.2) is 58.3 Å². The molecule has 7 nitrogen and oxygen atoms in total. The fourth-order valence-corrected chi connectivity index (χ4v) is 5.50. The van der Waals surface area contributed by atoms with Crippen molar-refractivity contribution in [1.82, 2.24) is 15.5 Å². The monoisotopic (exact) mass is 431 g/mol. The Kier molecular flexibility index (Phi) is 6.96. The van der Waals surface area contributed by atoms with E-state index in [9.17, 15) is 19.8 Å². The Morgan fingerprint density at radius 1 is 1.26 bits per heavy atom. The highest BCUT2D eigenvalue weighted by molar-refractivity contribution is 5.95. The van der Waals surface area contributed by atoms with Gasteiger partial charge in [-0.25, -0.2) is 4.79 Å². The van der Waals surface area contributed by atoms with Crippen LogP contribution in [0.25, 0.3) is 0 Å². The molecule has 0 aromatic heterocycles. The first-order valence-electron chi connectivity index (χ1n) is 11.4. The van der Waals surface area contributed by atoms with Gasteiger partial charge in [-0.1, -0.05) is 19.9 Å². The molecule has 2 aliphatic heterocycles. The molecule has 1 aromatic rings. The van der Waals surface area contributed by atoms with E-state index in [0.717, 1.165) is 30.6 Å². The molecule has 3 rings (SSSR count). The molecule has 4 N–H and O–H groups in total. The second-order valence-electron chi connectivity index (χ2n) is 9.73. The number of rotatable bonds is 4. The number of phenols is 1. The molecule has 0 bridgehead atoms. The minimum Gasteiger partial charge on any atom is -0.508 e. The molecule has 0 unspecified atom stereocenters. The van der Waals surface area contributed by atoms with Gasteiger partial charge in [0, 0.05) is 24.4 Å². The van der Waals surface area contributed by atoms with Gasteiger partial charge in [-0.3, -0.25) is 15.0 Å². The number of carbonyl (C=O) groups is 2. The summed E-state index contributed by atoms with van der Waals surface area (Å²) in [6, 6.07) is 4.48. The van der Waals surface area contributed by atoms with Crippen molar-refractivity contribution in [3.63, 3.8) is 0 Å². The molecule has 0 radical (unpaired) electrons. The van der Waals surface area contributed by atoms with Crippen molar-refractivity contribution in [1.29, 1.82) is 0 Å². The number of urea groups is 1. The van der Waals surface area contributed by atoms with Gasteiger partial charge in [0.05, 0.1) is 5.60 Å². The molecule has 31 heavy (non-hydrogen) atoms. The number of fused-ring (bicyclic) bond motifs is 1. The van der Waals surface area contributed by atoms with E-state index in [1.807, 2.05) is 13.0 Å². The number of carbonyl (C=O) groups excluding carboxylic acids is 2. The summed E-state index contributed by atoms with van der Waals surface area (Å²) in [6.07, 6.45) is 2.65. The zero-order valence-corrected chi connectivity index (χ0v) is 19.2. The molecule has 172 valence electrons. The third kappa shape index (κ3) is 4.58. The molecule has 7 heteroatoms. The van der Waals surface area contributed by atoms with Crippen molar-refractivity contribution in [2.45, 2.75) is 76.9 Å². The maximum absolute atomic E-state index is 12.9. The number of aryl methyl sites for hydroxylation is 1. The highest BCUT2D eigenvalue weighted by Crippen LogP contribution is 2.52. The van der Waals surface area contributed by atoms with E-state index >= 15 is 0 Å². The third-order valence-electron chi connectivity index (χ3n) is 7.36. The minimum atomic E-state index is -1.19. The SMILES string of the molecule is Cc1ccc(O)cc1[C@]12CCN(CCC(C)C)[C@H](C)[C@]1(O)CCCNC(=O)NC(=O)C2. The number of amides is 3. The Balaban J connectivity index is 2.12. The summed E-state index contributed by atoms with van der Waals surface area (Å²) in [4.78, 5) is 27.3. The normalized spacial score (nSPS) is 30.5. The summed E-state index contributed by atoms with van der Waals surface area (Å²) in [6.45, 7) is 10.4. The highest BCUT2D eigenvalue weighted by atomic mass is 16.3. The lowest BCUT2D eigenvalue weighted by Gasteiger charge is -2.58. The van der Waals surface area contributed by atoms with Crippen molar-refractivity contribution in [2.75, 3.05) is 19.6 Å². The summed E-state index contributed by atoms with van der Waals surface area (Å²) in [5.41, 5.74) is -0.374. The first kappa shape index (κ1) is 23.5. The Morgan fingerprint density at radius 2 is 2.00 bits per heavy atom. The van der Waals surface area contributed by atoms with Crippen LogP contribution in [0, 0.1) is 12.8 Å². The van der Waals surface area contributed by atoms with Crippen molar-refractivity contribution in [2.24, 2.45) is 5.92 Å². The van der Waals surface area contributed by atoms with Gasteiger partial charge in [-0.2, -0.15) is 0 Å². The van der Waals surface area contributed by atoms with Crippen LogP contribution in [0.1, 0.15) is 64.0 Å². The van der Waals surface area contributed by atoms with Gasteiger partial charge >= 0.3 is 6.03 Å².